The van der Waals surface area contributed by atoms with Gasteiger partial charge in [-0.25, -0.2) is 0 Å². The average molecular weight is 330 g/mol. The van der Waals surface area contributed by atoms with E-state index in [4.69, 9.17) is 5.73 Å². The monoisotopic (exact) mass is 330 g/mol. The number of carbonyl (C=O) groups excluding carboxylic acids is 1. The minimum atomic E-state index is 0.0424. The second-order valence-corrected chi connectivity index (χ2v) is 7.28. The molecule has 2 fully saturated rings. The lowest BCUT2D eigenvalue weighted by atomic mass is 9.89. The van der Waals surface area contributed by atoms with Crippen LogP contribution in [0.1, 0.15) is 24.3 Å². The summed E-state index contributed by atoms with van der Waals surface area (Å²) in [5.41, 5.74) is 7.98. The molecule has 0 radical (unpaired) electrons. The van der Waals surface area contributed by atoms with E-state index in [-0.39, 0.29) is 6.04 Å². The maximum atomic E-state index is 11.6. The highest BCUT2D eigenvalue weighted by molar-refractivity contribution is 5.58. The Hall–Kier alpha value is -1.43. The van der Waals surface area contributed by atoms with Gasteiger partial charge in [0.25, 0.3) is 0 Å². The number of nitrogens with two attached hydrogens (primary N) is 1. The van der Waals surface area contributed by atoms with E-state index in [1.54, 1.807) is 0 Å². The van der Waals surface area contributed by atoms with Gasteiger partial charge >= 0.3 is 0 Å². The zero-order chi connectivity index (χ0) is 16.9. The van der Waals surface area contributed by atoms with Crippen molar-refractivity contribution in [2.45, 2.75) is 24.8 Å². The van der Waals surface area contributed by atoms with E-state index in [0.29, 0.717) is 5.92 Å². The molecule has 2 aliphatic heterocycles. The molecule has 0 aliphatic carbocycles. The summed E-state index contributed by atoms with van der Waals surface area (Å²) >= 11 is 0. The SMILES string of the molecule is CN1CCN(CC(C=O)N2CCC(c3ccc(N)cc3)CC2)CC1. The summed E-state index contributed by atoms with van der Waals surface area (Å²) in [6, 6.07) is 8.32. The van der Waals surface area contributed by atoms with Gasteiger partial charge in [0.15, 0.2) is 0 Å². The van der Waals surface area contributed by atoms with E-state index >= 15 is 0 Å². The first kappa shape index (κ1) is 17.4. The lowest BCUT2D eigenvalue weighted by Gasteiger charge is -2.39. The Bertz CT molecular complexity index is 517. The molecule has 1 unspecified atom stereocenters. The minimum Gasteiger partial charge on any atom is -0.399 e. The molecule has 2 saturated heterocycles. The van der Waals surface area contributed by atoms with Crippen LogP contribution in [0.4, 0.5) is 5.69 Å². The quantitative estimate of drug-likeness (QED) is 0.651. The van der Waals surface area contributed by atoms with E-state index < -0.39 is 0 Å². The number of likely N-dealkylation sites (N-methyl/N-ethyl adjacent to an activating group) is 1. The van der Waals surface area contributed by atoms with Crippen LogP contribution >= 0.6 is 0 Å². The number of nitrogens with zero attached hydrogens (tertiary/aromatic N) is 3. The van der Waals surface area contributed by atoms with Crippen LogP contribution in [0, 0.1) is 0 Å². The third kappa shape index (κ3) is 4.35. The maximum Gasteiger partial charge on any atom is 0.138 e. The third-order valence-electron chi connectivity index (χ3n) is 5.60. The number of nitrogen functional groups attached to an aromatic ring is 1. The second kappa shape index (κ2) is 8.10. The maximum absolute atomic E-state index is 11.6. The minimum absolute atomic E-state index is 0.0424. The molecule has 5 heteroatoms. The predicted octanol–water partition coefficient (Wildman–Crippen LogP) is 1.26. The summed E-state index contributed by atoms with van der Waals surface area (Å²) in [6.45, 7) is 7.24. The summed E-state index contributed by atoms with van der Waals surface area (Å²) in [5.74, 6) is 0.595. The zero-order valence-electron chi connectivity index (χ0n) is 14.7. The van der Waals surface area contributed by atoms with Crippen molar-refractivity contribution in [3.8, 4) is 0 Å². The van der Waals surface area contributed by atoms with Gasteiger partial charge in [-0.1, -0.05) is 12.1 Å². The highest BCUT2D eigenvalue weighted by atomic mass is 16.1. The van der Waals surface area contributed by atoms with Gasteiger partial charge in [-0.05, 0) is 56.6 Å². The number of likely N-dealkylation sites (tertiary alicyclic amines) is 1. The van der Waals surface area contributed by atoms with E-state index in [9.17, 15) is 4.79 Å². The zero-order valence-corrected chi connectivity index (χ0v) is 14.7. The number of anilines is 1. The number of hydrogen-bond acceptors (Lipinski definition) is 5. The first-order valence-corrected chi connectivity index (χ1v) is 9.11. The van der Waals surface area contributed by atoms with Crippen molar-refractivity contribution in [2.24, 2.45) is 0 Å². The van der Waals surface area contributed by atoms with Gasteiger partial charge in [-0.3, -0.25) is 9.80 Å². The first-order valence-electron chi connectivity index (χ1n) is 9.11. The molecule has 2 N–H and O–H groups in total. The Labute approximate surface area is 145 Å². The number of piperidine rings is 1. The van der Waals surface area contributed by atoms with Gasteiger partial charge in [-0.15, -0.1) is 0 Å². The molecule has 0 bridgehead atoms. The Morgan fingerprint density at radius 2 is 1.71 bits per heavy atom. The van der Waals surface area contributed by atoms with Crippen LogP contribution in [0.5, 0.6) is 0 Å². The average Bonchev–Trinajstić information content (AvgIpc) is 2.62. The van der Waals surface area contributed by atoms with Crippen molar-refractivity contribution in [1.29, 1.82) is 0 Å². The highest BCUT2D eigenvalue weighted by Gasteiger charge is 2.27. The summed E-state index contributed by atoms with van der Waals surface area (Å²) in [7, 11) is 2.16. The number of carbonyl (C=O) groups is 1. The third-order valence-corrected chi connectivity index (χ3v) is 5.60. The summed E-state index contributed by atoms with van der Waals surface area (Å²) in [5, 5.41) is 0. The van der Waals surface area contributed by atoms with Crippen molar-refractivity contribution in [2.75, 3.05) is 58.6 Å². The second-order valence-electron chi connectivity index (χ2n) is 7.28. The number of rotatable bonds is 5. The molecular weight excluding hydrogens is 300 g/mol. The van der Waals surface area contributed by atoms with Crippen molar-refractivity contribution in [1.82, 2.24) is 14.7 Å². The number of benzene rings is 1. The molecular formula is C19H30N4O. The van der Waals surface area contributed by atoms with Crippen LogP contribution in [0.3, 0.4) is 0 Å². The Balaban J connectivity index is 1.50. The molecule has 1 aromatic rings. The fourth-order valence-electron chi connectivity index (χ4n) is 3.87. The molecule has 1 atom stereocenters. The topological polar surface area (TPSA) is 52.8 Å². The van der Waals surface area contributed by atoms with Gasteiger partial charge in [0, 0.05) is 38.4 Å². The molecule has 2 heterocycles. The van der Waals surface area contributed by atoms with E-state index in [1.807, 2.05) is 12.1 Å². The smallest absolute Gasteiger partial charge is 0.138 e. The van der Waals surface area contributed by atoms with Crippen LogP contribution in [-0.2, 0) is 4.79 Å². The lowest BCUT2D eigenvalue weighted by molar-refractivity contribution is -0.113. The lowest BCUT2D eigenvalue weighted by Crippen LogP contribution is -2.52. The molecule has 0 saturated carbocycles. The van der Waals surface area contributed by atoms with Crippen molar-refractivity contribution >= 4 is 12.0 Å². The summed E-state index contributed by atoms with van der Waals surface area (Å²) < 4.78 is 0. The van der Waals surface area contributed by atoms with Gasteiger partial charge < -0.3 is 15.4 Å². The largest absolute Gasteiger partial charge is 0.399 e. The molecule has 24 heavy (non-hydrogen) atoms. The fraction of sp³-hybridized carbons (Fsp3) is 0.632. The van der Waals surface area contributed by atoms with Gasteiger partial charge in [0.05, 0.1) is 6.04 Å². The number of piperazine rings is 1. The van der Waals surface area contributed by atoms with E-state index in [1.165, 1.54) is 5.56 Å². The van der Waals surface area contributed by atoms with Crippen molar-refractivity contribution < 1.29 is 4.79 Å². The molecule has 132 valence electrons. The van der Waals surface area contributed by atoms with Crippen LogP contribution < -0.4 is 5.73 Å². The Morgan fingerprint density at radius 3 is 2.29 bits per heavy atom. The summed E-state index contributed by atoms with van der Waals surface area (Å²) in [6.07, 6.45) is 3.40. The molecule has 0 aromatic heterocycles. The van der Waals surface area contributed by atoms with Gasteiger partial charge in [0.1, 0.15) is 6.29 Å². The summed E-state index contributed by atoms with van der Waals surface area (Å²) in [4.78, 5) is 18.8. The van der Waals surface area contributed by atoms with Crippen molar-refractivity contribution in [3.05, 3.63) is 29.8 Å². The fourth-order valence-corrected chi connectivity index (χ4v) is 3.87. The molecule has 5 nitrogen and oxygen atoms in total. The number of hydrogen-bond donors (Lipinski definition) is 1. The van der Waals surface area contributed by atoms with Crippen LogP contribution in [0.2, 0.25) is 0 Å². The molecule has 3 rings (SSSR count). The molecule has 2 aliphatic rings. The Kier molecular flexibility index (Phi) is 5.87. The number of aldehydes is 1. The van der Waals surface area contributed by atoms with Crippen LogP contribution in [0.25, 0.3) is 0 Å². The van der Waals surface area contributed by atoms with Gasteiger partial charge in [0.2, 0.25) is 0 Å². The van der Waals surface area contributed by atoms with Crippen LogP contribution in [0.15, 0.2) is 24.3 Å². The molecule has 0 spiro atoms. The predicted molar refractivity (Wildman–Crippen MR) is 98.2 cm³/mol. The van der Waals surface area contributed by atoms with Crippen molar-refractivity contribution in [3.63, 3.8) is 0 Å². The van der Waals surface area contributed by atoms with Gasteiger partial charge in [-0.2, -0.15) is 0 Å². The highest BCUT2D eigenvalue weighted by Crippen LogP contribution is 2.29. The Morgan fingerprint density at radius 1 is 1.08 bits per heavy atom. The van der Waals surface area contributed by atoms with E-state index in [2.05, 4.69) is 33.9 Å². The molecule has 1 aromatic carbocycles. The van der Waals surface area contributed by atoms with Crippen LogP contribution in [-0.4, -0.2) is 79.9 Å². The normalized spacial score (nSPS) is 23.2. The molecule has 0 amide bonds. The standard InChI is InChI=1S/C19H30N4O/c1-21-10-12-22(13-11-21)14-19(15-24)23-8-6-17(7-9-23)16-2-4-18(20)5-3-16/h2-5,15,17,19H,6-14,20H2,1H3. The first-order chi connectivity index (χ1) is 11.7. The van der Waals surface area contributed by atoms with E-state index in [0.717, 1.165) is 70.6 Å².